The third-order valence-corrected chi connectivity index (χ3v) is 10.5. The Morgan fingerprint density at radius 1 is 0.214 bits per heavy atom. The van der Waals surface area contributed by atoms with E-state index in [2.05, 4.69) is 194 Å². The van der Waals surface area contributed by atoms with Crippen molar-refractivity contribution < 1.29 is 0 Å². The summed E-state index contributed by atoms with van der Waals surface area (Å²) < 4.78 is 0. The van der Waals surface area contributed by atoms with Gasteiger partial charge in [0.1, 0.15) is 0 Å². The molecule has 1 aromatic heterocycles. The molecular weight excluding hydrogens is 679 g/mol. The Morgan fingerprint density at radius 3 is 1.27 bits per heavy atom. The Hall–Kier alpha value is -7.49. The quantitative estimate of drug-likeness (QED) is 0.165. The van der Waals surface area contributed by atoms with Crippen LogP contribution in [0, 0.1) is 0 Å². The Kier molecular flexibility index (Phi) is 8.51. The normalized spacial score (nSPS) is 11.2. The molecule has 0 saturated carbocycles. The summed E-state index contributed by atoms with van der Waals surface area (Å²) in [6.45, 7) is 0. The highest BCUT2D eigenvalue weighted by Gasteiger charge is 2.16. The standard InChI is InChI=1S/C53H35N3/c1-4-14-36(15-5-1)39-21-12-23-41(30-39)42-26-27-44-33-47(29-28-43(44)31-42)52-54-51(38-18-8-3-9-19-38)55-53(56-52)48-34-45-20-10-11-25-49(45)50(35-48)46-24-13-22-40(32-46)37-16-6-2-7-17-37/h1-35H. The molecule has 0 N–H and O–H groups in total. The molecule has 0 spiro atoms. The van der Waals surface area contributed by atoms with Gasteiger partial charge in [0.25, 0.3) is 0 Å². The summed E-state index contributed by atoms with van der Waals surface area (Å²) in [6.07, 6.45) is 0. The highest BCUT2D eigenvalue weighted by molar-refractivity contribution is 6.00. The third-order valence-electron chi connectivity index (χ3n) is 10.5. The molecular formula is C53H35N3. The average Bonchev–Trinajstić information content (AvgIpc) is 3.29. The van der Waals surface area contributed by atoms with Gasteiger partial charge in [-0.2, -0.15) is 0 Å². The molecule has 0 bridgehead atoms. The second kappa shape index (κ2) is 14.4. The van der Waals surface area contributed by atoms with Crippen molar-refractivity contribution in [3.05, 3.63) is 212 Å². The predicted octanol–water partition coefficient (Wildman–Crippen LogP) is 13.8. The first-order valence-corrected chi connectivity index (χ1v) is 18.9. The van der Waals surface area contributed by atoms with Crippen LogP contribution in [0.25, 0.3) is 100 Å². The maximum Gasteiger partial charge on any atom is 0.164 e. The van der Waals surface area contributed by atoms with E-state index in [0.717, 1.165) is 44.0 Å². The maximum atomic E-state index is 5.19. The molecule has 262 valence electrons. The van der Waals surface area contributed by atoms with Crippen molar-refractivity contribution in [2.24, 2.45) is 0 Å². The van der Waals surface area contributed by atoms with E-state index >= 15 is 0 Å². The molecule has 10 aromatic rings. The lowest BCUT2D eigenvalue weighted by molar-refractivity contribution is 1.08. The number of hydrogen-bond acceptors (Lipinski definition) is 3. The summed E-state index contributed by atoms with van der Waals surface area (Å²) in [7, 11) is 0. The van der Waals surface area contributed by atoms with E-state index in [0.29, 0.717) is 17.5 Å². The third kappa shape index (κ3) is 6.52. The van der Waals surface area contributed by atoms with Crippen molar-refractivity contribution in [2.75, 3.05) is 0 Å². The number of fused-ring (bicyclic) bond motifs is 2. The van der Waals surface area contributed by atoms with Crippen molar-refractivity contribution in [1.82, 2.24) is 15.0 Å². The van der Waals surface area contributed by atoms with Crippen molar-refractivity contribution >= 4 is 21.5 Å². The molecule has 3 nitrogen and oxygen atoms in total. The topological polar surface area (TPSA) is 38.7 Å². The molecule has 0 unspecified atom stereocenters. The lowest BCUT2D eigenvalue weighted by Crippen LogP contribution is -2.00. The van der Waals surface area contributed by atoms with Gasteiger partial charge in [-0.15, -0.1) is 0 Å². The minimum atomic E-state index is 0.633. The van der Waals surface area contributed by atoms with E-state index in [4.69, 9.17) is 15.0 Å². The van der Waals surface area contributed by atoms with Crippen LogP contribution in [0.2, 0.25) is 0 Å². The molecule has 3 heteroatoms. The van der Waals surface area contributed by atoms with E-state index in [-0.39, 0.29) is 0 Å². The van der Waals surface area contributed by atoms with Gasteiger partial charge in [-0.25, -0.2) is 15.0 Å². The zero-order valence-corrected chi connectivity index (χ0v) is 30.5. The molecule has 0 radical (unpaired) electrons. The fourth-order valence-electron chi connectivity index (χ4n) is 7.60. The van der Waals surface area contributed by atoms with Crippen LogP contribution < -0.4 is 0 Å². The minimum Gasteiger partial charge on any atom is -0.208 e. The van der Waals surface area contributed by atoms with Crippen LogP contribution in [0.5, 0.6) is 0 Å². The summed E-state index contributed by atoms with van der Waals surface area (Å²) in [5.41, 5.74) is 12.2. The number of aromatic nitrogens is 3. The van der Waals surface area contributed by atoms with E-state index in [9.17, 15) is 0 Å². The lowest BCUT2D eigenvalue weighted by atomic mass is 9.93. The Labute approximate surface area is 326 Å². The van der Waals surface area contributed by atoms with Gasteiger partial charge in [0, 0.05) is 16.7 Å². The Morgan fingerprint density at radius 2 is 0.625 bits per heavy atom. The van der Waals surface area contributed by atoms with Gasteiger partial charge in [-0.05, 0) is 102 Å². The zero-order chi connectivity index (χ0) is 37.3. The zero-order valence-electron chi connectivity index (χ0n) is 30.5. The minimum absolute atomic E-state index is 0.633. The van der Waals surface area contributed by atoms with Crippen molar-refractivity contribution in [2.45, 2.75) is 0 Å². The molecule has 0 fully saturated rings. The van der Waals surface area contributed by atoms with E-state index in [1.54, 1.807) is 0 Å². The van der Waals surface area contributed by atoms with Crippen LogP contribution in [0.1, 0.15) is 0 Å². The molecule has 9 aromatic carbocycles. The van der Waals surface area contributed by atoms with Gasteiger partial charge in [-0.3, -0.25) is 0 Å². The summed E-state index contributed by atoms with van der Waals surface area (Å²) in [4.78, 5) is 15.4. The maximum absolute atomic E-state index is 5.19. The Bertz CT molecular complexity index is 3010. The summed E-state index contributed by atoms with van der Waals surface area (Å²) in [5.74, 6) is 1.91. The highest BCUT2D eigenvalue weighted by Crippen LogP contribution is 2.37. The van der Waals surface area contributed by atoms with E-state index in [1.807, 2.05) is 18.2 Å². The molecule has 1 heterocycles. The summed E-state index contributed by atoms with van der Waals surface area (Å²) in [6, 6.07) is 74.9. The van der Waals surface area contributed by atoms with Gasteiger partial charge in [0.2, 0.25) is 0 Å². The van der Waals surface area contributed by atoms with Gasteiger partial charge in [0.15, 0.2) is 17.5 Å². The number of benzene rings is 9. The number of nitrogens with zero attached hydrogens (tertiary/aromatic N) is 3. The fraction of sp³-hybridized carbons (Fsp3) is 0. The SMILES string of the molecule is c1ccc(-c2cccc(-c3ccc4cc(-c5nc(-c6ccccc6)nc(-c6cc(-c7cccc(-c8ccccc8)c7)c7ccccc7c6)n5)ccc4c3)c2)cc1. The average molecular weight is 714 g/mol. The van der Waals surface area contributed by atoms with Gasteiger partial charge in [-0.1, -0.05) is 176 Å². The molecule has 0 aliphatic heterocycles. The fourth-order valence-corrected chi connectivity index (χ4v) is 7.60. The predicted molar refractivity (Wildman–Crippen MR) is 233 cm³/mol. The second-order valence-corrected chi connectivity index (χ2v) is 14.1. The van der Waals surface area contributed by atoms with Crippen LogP contribution in [-0.2, 0) is 0 Å². The van der Waals surface area contributed by atoms with Crippen molar-refractivity contribution in [1.29, 1.82) is 0 Å². The van der Waals surface area contributed by atoms with Crippen LogP contribution in [0.4, 0.5) is 0 Å². The molecule has 56 heavy (non-hydrogen) atoms. The Balaban J connectivity index is 1.08. The lowest BCUT2D eigenvalue weighted by Gasteiger charge is -2.13. The first-order chi connectivity index (χ1) is 27.7. The van der Waals surface area contributed by atoms with Crippen LogP contribution >= 0.6 is 0 Å². The number of hydrogen-bond donors (Lipinski definition) is 0. The molecule has 0 saturated heterocycles. The highest BCUT2D eigenvalue weighted by atomic mass is 15.0. The smallest absolute Gasteiger partial charge is 0.164 e. The molecule has 10 rings (SSSR count). The molecule has 0 amide bonds. The van der Waals surface area contributed by atoms with E-state index in [1.165, 1.54) is 38.8 Å². The van der Waals surface area contributed by atoms with E-state index < -0.39 is 0 Å². The van der Waals surface area contributed by atoms with Crippen molar-refractivity contribution in [3.8, 4) is 78.7 Å². The number of rotatable bonds is 7. The van der Waals surface area contributed by atoms with Gasteiger partial charge in [0.05, 0.1) is 0 Å². The van der Waals surface area contributed by atoms with Crippen LogP contribution in [0.3, 0.4) is 0 Å². The second-order valence-electron chi connectivity index (χ2n) is 14.1. The van der Waals surface area contributed by atoms with Gasteiger partial charge >= 0.3 is 0 Å². The van der Waals surface area contributed by atoms with Crippen LogP contribution in [0.15, 0.2) is 212 Å². The molecule has 0 aliphatic carbocycles. The van der Waals surface area contributed by atoms with Crippen molar-refractivity contribution in [3.63, 3.8) is 0 Å². The van der Waals surface area contributed by atoms with Gasteiger partial charge < -0.3 is 0 Å². The first-order valence-electron chi connectivity index (χ1n) is 18.9. The molecule has 0 aliphatic rings. The monoisotopic (exact) mass is 713 g/mol. The van der Waals surface area contributed by atoms with Crippen LogP contribution in [-0.4, -0.2) is 15.0 Å². The summed E-state index contributed by atoms with van der Waals surface area (Å²) >= 11 is 0. The summed E-state index contributed by atoms with van der Waals surface area (Å²) in [5, 5.41) is 4.59. The largest absolute Gasteiger partial charge is 0.208 e. The molecule has 0 atom stereocenters. The first kappa shape index (κ1) is 33.1.